The molecule has 8 nitrogen and oxygen atoms in total. The summed E-state index contributed by atoms with van der Waals surface area (Å²) in [6.45, 7) is 1.41. The van der Waals surface area contributed by atoms with Crippen LogP contribution in [0, 0.1) is 17.0 Å². The number of hydrogen-bond donors (Lipinski definition) is 1. The number of nitro groups is 1. The second kappa shape index (κ2) is 6.07. The molecule has 1 aromatic heterocycles. The van der Waals surface area contributed by atoms with Crippen molar-refractivity contribution in [3.8, 4) is 0 Å². The summed E-state index contributed by atoms with van der Waals surface area (Å²) >= 11 is 0. The fourth-order valence-electron chi connectivity index (χ4n) is 2.52. The molecule has 0 spiro atoms. The second-order valence-electron chi connectivity index (χ2n) is 5.48. The molecule has 0 aliphatic rings. The molecule has 0 unspecified atom stereocenters. The lowest BCUT2D eigenvalue weighted by Crippen LogP contribution is -2.42. The summed E-state index contributed by atoms with van der Waals surface area (Å²) in [5.74, 6) is -0.873. The molecule has 0 saturated carbocycles. The van der Waals surface area contributed by atoms with Gasteiger partial charge in [-0.1, -0.05) is 29.8 Å². The number of anilines is 1. The SMILES string of the molecule is Cc1ccc([C@@H](C[N+](=O)[O-])c2c(N)n(C)c(=O)n(C)c2=O)cc1. The highest BCUT2D eigenvalue weighted by Crippen LogP contribution is 2.26. The summed E-state index contributed by atoms with van der Waals surface area (Å²) in [7, 11) is 2.75. The molecule has 122 valence electrons. The smallest absolute Gasteiger partial charge is 0.332 e. The van der Waals surface area contributed by atoms with Crippen molar-refractivity contribution in [2.24, 2.45) is 14.1 Å². The number of aromatic nitrogens is 2. The first-order chi connectivity index (χ1) is 10.7. The van der Waals surface area contributed by atoms with E-state index >= 15 is 0 Å². The van der Waals surface area contributed by atoms with Gasteiger partial charge in [0.2, 0.25) is 6.54 Å². The summed E-state index contributed by atoms with van der Waals surface area (Å²) < 4.78 is 2.03. The van der Waals surface area contributed by atoms with E-state index in [1.165, 1.54) is 14.1 Å². The summed E-state index contributed by atoms with van der Waals surface area (Å²) in [5.41, 5.74) is 6.41. The highest BCUT2D eigenvalue weighted by atomic mass is 16.6. The Balaban J connectivity index is 2.75. The molecule has 8 heteroatoms. The third-order valence-electron chi connectivity index (χ3n) is 3.91. The van der Waals surface area contributed by atoms with Crippen LogP contribution in [0.3, 0.4) is 0 Å². The van der Waals surface area contributed by atoms with Crippen molar-refractivity contribution >= 4 is 5.82 Å². The summed E-state index contributed by atoms with van der Waals surface area (Å²) in [4.78, 5) is 35.0. The Morgan fingerprint density at radius 3 is 2.26 bits per heavy atom. The zero-order chi connectivity index (χ0) is 17.3. The van der Waals surface area contributed by atoms with Gasteiger partial charge in [0.15, 0.2) is 0 Å². The lowest BCUT2D eigenvalue weighted by molar-refractivity contribution is -0.481. The Bertz CT molecular complexity index is 865. The Labute approximate surface area is 131 Å². The molecular formula is C15H18N4O4. The molecule has 1 aromatic carbocycles. The molecule has 2 rings (SSSR count). The van der Waals surface area contributed by atoms with Gasteiger partial charge in [0, 0.05) is 19.0 Å². The average Bonchev–Trinajstić information content (AvgIpc) is 2.51. The van der Waals surface area contributed by atoms with E-state index in [0.29, 0.717) is 5.56 Å². The van der Waals surface area contributed by atoms with Crippen molar-refractivity contribution in [3.63, 3.8) is 0 Å². The summed E-state index contributed by atoms with van der Waals surface area (Å²) in [6, 6.07) is 7.08. The van der Waals surface area contributed by atoms with Crippen LogP contribution in [0.1, 0.15) is 22.6 Å². The topological polar surface area (TPSA) is 113 Å². The molecule has 0 fully saturated rings. The molecule has 0 saturated heterocycles. The molecule has 0 radical (unpaired) electrons. The number of nitrogens with zero attached hydrogens (tertiary/aromatic N) is 3. The zero-order valence-electron chi connectivity index (χ0n) is 13.1. The van der Waals surface area contributed by atoms with Crippen LogP contribution < -0.4 is 17.0 Å². The van der Waals surface area contributed by atoms with Crippen molar-refractivity contribution in [3.05, 3.63) is 71.9 Å². The van der Waals surface area contributed by atoms with Gasteiger partial charge in [-0.2, -0.15) is 0 Å². The van der Waals surface area contributed by atoms with Crippen molar-refractivity contribution in [1.82, 2.24) is 9.13 Å². The largest absolute Gasteiger partial charge is 0.385 e. The van der Waals surface area contributed by atoms with Crippen LogP contribution in [0.25, 0.3) is 0 Å². The minimum atomic E-state index is -0.823. The summed E-state index contributed by atoms with van der Waals surface area (Å²) in [6.07, 6.45) is 0. The zero-order valence-corrected chi connectivity index (χ0v) is 13.1. The fourth-order valence-corrected chi connectivity index (χ4v) is 2.52. The van der Waals surface area contributed by atoms with Gasteiger partial charge in [0.25, 0.3) is 5.56 Å². The first kappa shape index (κ1) is 16.5. The van der Waals surface area contributed by atoms with Crippen LogP contribution in [0.15, 0.2) is 33.9 Å². The molecule has 1 heterocycles. The van der Waals surface area contributed by atoms with Crippen molar-refractivity contribution in [2.45, 2.75) is 12.8 Å². The molecule has 0 aliphatic carbocycles. The molecule has 23 heavy (non-hydrogen) atoms. The Hall–Kier alpha value is -2.90. The standard InChI is InChI=1S/C15H18N4O4/c1-9-4-6-10(7-5-9)11(8-19(22)23)12-13(16)17(2)15(21)18(3)14(12)20/h4-7,11H,8,16H2,1-3H3/t11-/m1/s1. The van der Waals surface area contributed by atoms with Gasteiger partial charge in [0.1, 0.15) is 5.82 Å². The number of aryl methyl sites for hydroxylation is 1. The van der Waals surface area contributed by atoms with Crippen LogP contribution in [0.5, 0.6) is 0 Å². The molecule has 2 aromatic rings. The molecule has 0 amide bonds. The fraction of sp³-hybridized carbons (Fsp3) is 0.333. The maximum absolute atomic E-state index is 12.5. The second-order valence-corrected chi connectivity index (χ2v) is 5.48. The minimum absolute atomic E-state index is 0.0504. The molecule has 0 aliphatic heterocycles. The predicted octanol–water partition coefficient (Wildman–Crippen LogP) is 0.383. The van der Waals surface area contributed by atoms with Crippen LogP contribution in [0.2, 0.25) is 0 Å². The number of benzene rings is 1. The maximum Gasteiger partial charge on any atom is 0.332 e. The molecule has 0 bridgehead atoms. The number of nitrogens with two attached hydrogens (primary N) is 1. The third-order valence-corrected chi connectivity index (χ3v) is 3.91. The first-order valence-corrected chi connectivity index (χ1v) is 6.97. The highest BCUT2D eigenvalue weighted by molar-refractivity contribution is 5.46. The van der Waals surface area contributed by atoms with Crippen molar-refractivity contribution in [1.29, 1.82) is 0 Å². The van der Waals surface area contributed by atoms with Crippen molar-refractivity contribution in [2.75, 3.05) is 12.3 Å². The minimum Gasteiger partial charge on any atom is -0.385 e. The average molecular weight is 318 g/mol. The van der Waals surface area contributed by atoms with Crippen LogP contribution in [-0.2, 0) is 14.1 Å². The third kappa shape index (κ3) is 3.01. The number of hydrogen-bond acceptors (Lipinski definition) is 5. The normalized spacial score (nSPS) is 12.1. The lowest BCUT2D eigenvalue weighted by atomic mass is 9.91. The predicted molar refractivity (Wildman–Crippen MR) is 86.2 cm³/mol. The van der Waals surface area contributed by atoms with Gasteiger partial charge in [-0.25, -0.2) is 4.79 Å². The summed E-state index contributed by atoms with van der Waals surface area (Å²) in [5, 5.41) is 11.1. The van der Waals surface area contributed by atoms with E-state index in [1.54, 1.807) is 12.1 Å². The van der Waals surface area contributed by atoms with E-state index < -0.39 is 28.6 Å². The van der Waals surface area contributed by atoms with E-state index in [-0.39, 0.29) is 11.4 Å². The van der Waals surface area contributed by atoms with E-state index in [0.717, 1.165) is 14.7 Å². The lowest BCUT2D eigenvalue weighted by Gasteiger charge is -2.18. The van der Waals surface area contributed by atoms with Crippen molar-refractivity contribution < 1.29 is 4.92 Å². The van der Waals surface area contributed by atoms with E-state index in [4.69, 9.17) is 5.73 Å². The number of rotatable bonds is 4. The quantitative estimate of drug-likeness (QED) is 0.647. The van der Waals surface area contributed by atoms with Crippen LogP contribution in [0.4, 0.5) is 5.82 Å². The maximum atomic E-state index is 12.5. The molecule has 2 N–H and O–H groups in total. The molecule has 1 atom stereocenters. The van der Waals surface area contributed by atoms with Gasteiger partial charge in [0.05, 0.1) is 11.5 Å². The van der Waals surface area contributed by atoms with E-state index in [1.807, 2.05) is 19.1 Å². The van der Waals surface area contributed by atoms with Gasteiger partial charge in [-0.05, 0) is 12.5 Å². The monoisotopic (exact) mass is 318 g/mol. The Kier molecular flexibility index (Phi) is 4.35. The van der Waals surface area contributed by atoms with Gasteiger partial charge >= 0.3 is 5.69 Å². The van der Waals surface area contributed by atoms with E-state index in [2.05, 4.69) is 0 Å². The van der Waals surface area contributed by atoms with E-state index in [9.17, 15) is 19.7 Å². The molecular weight excluding hydrogens is 300 g/mol. The van der Waals surface area contributed by atoms with Gasteiger partial charge in [-0.3, -0.25) is 24.0 Å². The highest BCUT2D eigenvalue weighted by Gasteiger charge is 2.28. The van der Waals surface area contributed by atoms with Gasteiger partial charge < -0.3 is 5.73 Å². The van der Waals surface area contributed by atoms with Crippen LogP contribution >= 0.6 is 0 Å². The first-order valence-electron chi connectivity index (χ1n) is 6.97. The van der Waals surface area contributed by atoms with Crippen LogP contribution in [-0.4, -0.2) is 20.6 Å². The Morgan fingerprint density at radius 1 is 1.17 bits per heavy atom. The van der Waals surface area contributed by atoms with Gasteiger partial charge in [-0.15, -0.1) is 0 Å². The number of nitrogen functional groups attached to an aromatic ring is 1. The Morgan fingerprint density at radius 2 is 1.74 bits per heavy atom.